The summed E-state index contributed by atoms with van der Waals surface area (Å²) < 4.78 is 9.38. The molecule has 0 saturated carbocycles. The van der Waals surface area contributed by atoms with Crippen molar-refractivity contribution in [3.05, 3.63) is 12.7 Å². The number of amides is 1. The predicted molar refractivity (Wildman–Crippen MR) is 55.4 cm³/mol. The fourth-order valence-corrected chi connectivity index (χ4v) is 0.842. The zero-order valence-electron chi connectivity index (χ0n) is 8.95. The van der Waals surface area contributed by atoms with Gasteiger partial charge < -0.3 is 14.8 Å². The number of carbonyl (C=O) groups is 2. The Morgan fingerprint density at radius 3 is 2.73 bits per heavy atom. The minimum atomic E-state index is -0.501. The van der Waals surface area contributed by atoms with Crippen LogP contribution in [0.4, 0.5) is 4.79 Å². The van der Waals surface area contributed by atoms with Crippen molar-refractivity contribution >= 4 is 12.1 Å². The van der Waals surface area contributed by atoms with Crippen molar-refractivity contribution in [2.24, 2.45) is 0 Å². The van der Waals surface area contributed by atoms with Crippen LogP contribution in [0.3, 0.4) is 0 Å². The van der Waals surface area contributed by atoms with Crippen molar-refractivity contribution in [3.8, 4) is 0 Å². The molecule has 15 heavy (non-hydrogen) atoms. The number of ether oxygens (including phenoxy) is 2. The second-order valence-corrected chi connectivity index (χ2v) is 2.72. The van der Waals surface area contributed by atoms with E-state index < -0.39 is 6.09 Å². The molecule has 0 saturated heterocycles. The van der Waals surface area contributed by atoms with Gasteiger partial charge in [-0.2, -0.15) is 0 Å². The van der Waals surface area contributed by atoms with E-state index in [0.717, 1.165) is 0 Å². The van der Waals surface area contributed by atoms with Gasteiger partial charge >= 0.3 is 12.1 Å². The molecule has 0 unspecified atom stereocenters. The molecule has 86 valence electrons. The Labute approximate surface area is 89.4 Å². The summed E-state index contributed by atoms with van der Waals surface area (Å²) in [7, 11) is 0. The first-order chi connectivity index (χ1) is 7.20. The van der Waals surface area contributed by atoms with E-state index in [1.165, 1.54) is 6.08 Å². The summed E-state index contributed by atoms with van der Waals surface area (Å²) in [6, 6.07) is 0. The van der Waals surface area contributed by atoms with Crippen LogP contribution in [-0.4, -0.2) is 31.8 Å². The minimum Gasteiger partial charge on any atom is -0.466 e. The molecule has 0 atom stereocenters. The summed E-state index contributed by atoms with van der Waals surface area (Å²) >= 11 is 0. The normalized spacial score (nSPS) is 9.13. The Kier molecular flexibility index (Phi) is 8.13. The summed E-state index contributed by atoms with van der Waals surface area (Å²) in [5.74, 6) is -0.251. The highest BCUT2D eigenvalue weighted by Gasteiger charge is 2.02. The fourth-order valence-electron chi connectivity index (χ4n) is 0.842. The molecular formula is C10H17NO4. The number of hydrogen-bond acceptors (Lipinski definition) is 4. The second-order valence-electron chi connectivity index (χ2n) is 2.72. The highest BCUT2D eigenvalue weighted by molar-refractivity contribution is 5.69. The fraction of sp³-hybridized carbons (Fsp3) is 0.600. The Bertz CT molecular complexity index is 215. The summed E-state index contributed by atoms with van der Waals surface area (Å²) in [5, 5.41) is 2.50. The quantitative estimate of drug-likeness (QED) is 0.394. The first-order valence-corrected chi connectivity index (χ1v) is 4.87. The molecule has 0 heterocycles. The van der Waals surface area contributed by atoms with Gasteiger partial charge in [0, 0.05) is 13.0 Å². The standard InChI is InChI=1S/C10H17NO4/c1-3-8-15-10(13)11-7-5-6-9(12)14-4-2/h3H,1,4-8H2,2H3,(H,11,13). The lowest BCUT2D eigenvalue weighted by Crippen LogP contribution is -2.25. The number of nitrogens with one attached hydrogen (secondary N) is 1. The molecule has 0 aliphatic heterocycles. The third-order valence-electron chi connectivity index (χ3n) is 1.46. The number of hydrogen-bond donors (Lipinski definition) is 1. The zero-order chi connectivity index (χ0) is 11.5. The molecule has 0 aliphatic rings. The van der Waals surface area contributed by atoms with Crippen LogP contribution >= 0.6 is 0 Å². The largest absolute Gasteiger partial charge is 0.466 e. The van der Waals surface area contributed by atoms with Crippen LogP contribution in [-0.2, 0) is 14.3 Å². The molecule has 0 rings (SSSR count). The van der Waals surface area contributed by atoms with E-state index in [0.29, 0.717) is 26.0 Å². The predicted octanol–water partition coefficient (Wildman–Crippen LogP) is 1.24. The highest BCUT2D eigenvalue weighted by Crippen LogP contribution is 1.91. The monoisotopic (exact) mass is 215 g/mol. The van der Waals surface area contributed by atoms with Crippen molar-refractivity contribution in [1.82, 2.24) is 5.32 Å². The maximum Gasteiger partial charge on any atom is 0.407 e. The van der Waals surface area contributed by atoms with E-state index in [2.05, 4.69) is 16.6 Å². The summed E-state index contributed by atoms with van der Waals surface area (Å²) in [4.78, 5) is 21.8. The Hall–Kier alpha value is -1.52. The van der Waals surface area contributed by atoms with Gasteiger partial charge in [-0.05, 0) is 13.3 Å². The Balaban J connectivity index is 3.33. The molecular weight excluding hydrogens is 198 g/mol. The Morgan fingerprint density at radius 1 is 1.40 bits per heavy atom. The maximum atomic E-state index is 10.9. The highest BCUT2D eigenvalue weighted by atomic mass is 16.5. The first kappa shape index (κ1) is 13.5. The number of esters is 1. The molecule has 0 aromatic rings. The topological polar surface area (TPSA) is 64.6 Å². The van der Waals surface area contributed by atoms with E-state index in [1.54, 1.807) is 6.92 Å². The summed E-state index contributed by atoms with van der Waals surface area (Å²) in [6.07, 6.45) is 1.83. The average molecular weight is 215 g/mol. The molecule has 0 radical (unpaired) electrons. The lowest BCUT2D eigenvalue weighted by atomic mass is 10.3. The molecule has 5 nitrogen and oxygen atoms in total. The summed E-state index contributed by atoms with van der Waals surface area (Å²) in [5.41, 5.74) is 0. The summed E-state index contributed by atoms with van der Waals surface area (Å²) in [6.45, 7) is 6.12. The van der Waals surface area contributed by atoms with Crippen LogP contribution in [0.1, 0.15) is 19.8 Å². The van der Waals surface area contributed by atoms with E-state index in [1.807, 2.05) is 0 Å². The number of carbonyl (C=O) groups excluding carboxylic acids is 2. The van der Waals surface area contributed by atoms with Crippen molar-refractivity contribution < 1.29 is 19.1 Å². The van der Waals surface area contributed by atoms with Crippen LogP contribution in [0.2, 0.25) is 0 Å². The van der Waals surface area contributed by atoms with E-state index in [9.17, 15) is 9.59 Å². The molecule has 0 bridgehead atoms. The second kappa shape index (κ2) is 9.05. The van der Waals surface area contributed by atoms with Gasteiger partial charge in [-0.25, -0.2) is 4.79 Å². The lowest BCUT2D eigenvalue weighted by molar-refractivity contribution is -0.143. The van der Waals surface area contributed by atoms with Crippen LogP contribution < -0.4 is 5.32 Å². The molecule has 1 amide bonds. The van der Waals surface area contributed by atoms with Crippen molar-refractivity contribution in [2.45, 2.75) is 19.8 Å². The number of rotatable bonds is 7. The molecule has 0 aromatic carbocycles. The maximum absolute atomic E-state index is 10.9. The van der Waals surface area contributed by atoms with E-state index >= 15 is 0 Å². The zero-order valence-corrected chi connectivity index (χ0v) is 8.95. The van der Waals surface area contributed by atoms with Gasteiger partial charge in [0.05, 0.1) is 6.61 Å². The van der Waals surface area contributed by atoms with Crippen LogP contribution in [0.15, 0.2) is 12.7 Å². The van der Waals surface area contributed by atoms with Gasteiger partial charge in [0.1, 0.15) is 6.61 Å². The van der Waals surface area contributed by atoms with Crippen LogP contribution in [0, 0.1) is 0 Å². The molecule has 0 fully saturated rings. The van der Waals surface area contributed by atoms with Gasteiger partial charge in [0.15, 0.2) is 0 Å². The molecule has 0 aromatic heterocycles. The molecule has 0 aliphatic carbocycles. The van der Waals surface area contributed by atoms with Crippen LogP contribution in [0.25, 0.3) is 0 Å². The third-order valence-corrected chi connectivity index (χ3v) is 1.46. The van der Waals surface area contributed by atoms with Gasteiger partial charge in [0.25, 0.3) is 0 Å². The smallest absolute Gasteiger partial charge is 0.407 e. The average Bonchev–Trinajstić information content (AvgIpc) is 2.22. The van der Waals surface area contributed by atoms with Gasteiger partial charge in [0.2, 0.25) is 0 Å². The molecule has 1 N–H and O–H groups in total. The SMILES string of the molecule is C=CCOC(=O)NCCCC(=O)OCC. The number of alkyl carbamates (subject to hydrolysis) is 1. The van der Waals surface area contributed by atoms with Crippen LogP contribution in [0.5, 0.6) is 0 Å². The van der Waals surface area contributed by atoms with Crippen molar-refractivity contribution in [2.75, 3.05) is 19.8 Å². The van der Waals surface area contributed by atoms with Crippen molar-refractivity contribution in [3.63, 3.8) is 0 Å². The molecule has 5 heteroatoms. The van der Waals surface area contributed by atoms with Gasteiger partial charge in [-0.1, -0.05) is 12.7 Å². The Morgan fingerprint density at radius 2 is 2.13 bits per heavy atom. The van der Waals surface area contributed by atoms with Gasteiger partial charge in [-0.15, -0.1) is 0 Å². The van der Waals surface area contributed by atoms with Crippen molar-refractivity contribution in [1.29, 1.82) is 0 Å². The minimum absolute atomic E-state index is 0.184. The van der Waals surface area contributed by atoms with E-state index in [-0.39, 0.29) is 12.6 Å². The lowest BCUT2D eigenvalue weighted by Gasteiger charge is -2.04. The molecule has 0 spiro atoms. The first-order valence-electron chi connectivity index (χ1n) is 4.87. The van der Waals surface area contributed by atoms with E-state index in [4.69, 9.17) is 4.74 Å². The third kappa shape index (κ3) is 8.80. The van der Waals surface area contributed by atoms with Gasteiger partial charge in [-0.3, -0.25) is 4.79 Å².